The van der Waals surface area contributed by atoms with E-state index < -0.39 is 0 Å². The second-order valence-electron chi connectivity index (χ2n) is 4.17. The Kier molecular flexibility index (Phi) is 3.94. The first-order valence-corrected chi connectivity index (χ1v) is 6.64. The third-order valence-electron chi connectivity index (χ3n) is 2.84. The Hall–Kier alpha value is -1.16. The summed E-state index contributed by atoms with van der Waals surface area (Å²) in [5, 5.41) is 3.02. The van der Waals surface area contributed by atoms with E-state index >= 15 is 0 Å². The fourth-order valence-corrected chi connectivity index (χ4v) is 2.19. The summed E-state index contributed by atoms with van der Waals surface area (Å²) in [6.07, 6.45) is 10.1. The molecular weight excluding hydrogens is 282 g/mol. The van der Waals surface area contributed by atoms with Crippen LogP contribution in [0.5, 0.6) is 0 Å². The topological polar surface area (TPSA) is 46.2 Å². The van der Waals surface area contributed by atoms with Crippen molar-refractivity contribution in [1.82, 2.24) is 5.32 Å². The highest BCUT2D eigenvalue weighted by Gasteiger charge is 2.22. The highest BCUT2D eigenvalue weighted by Crippen LogP contribution is 2.18. The first-order valence-electron chi connectivity index (χ1n) is 5.72. The van der Waals surface area contributed by atoms with Crippen LogP contribution in [0.3, 0.4) is 0 Å². The number of hydrogen-bond acceptors (Lipinski definition) is 3. The average molecular weight is 296 g/mol. The second kappa shape index (κ2) is 5.45. The van der Waals surface area contributed by atoms with Crippen molar-refractivity contribution >= 4 is 27.5 Å². The van der Waals surface area contributed by atoms with Crippen molar-refractivity contribution in [2.45, 2.75) is 30.5 Å². The van der Waals surface area contributed by atoms with E-state index in [0.29, 0.717) is 29.7 Å². The fraction of sp³-hybridized carbons (Fsp3) is 0.385. The fourth-order valence-electron chi connectivity index (χ4n) is 1.85. The van der Waals surface area contributed by atoms with Crippen molar-refractivity contribution < 1.29 is 9.59 Å². The van der Waals surface area contributed by atoms with Crippen LogP contribution >= 0.6 is 15.9 Å². The van der Waals surface area contributed by atoms with Gasteiger partial charge in [0.05, 0.1) is 5.57 Å². The molecule has 3 nitrogen and oxygen atoms in total. The molecule has 2 aliphatic rings. The normalized spacial score (nSPS) is 24.6. The van der Waals surface area contributed by atoms with Crippen molar-refractivity contribution in [3.63, 3.8) is 0 Å². The summed E-state index contributed by atoms with van der Waals surface area (Å²) in [4.78, 5) is 23.5. The second-order valence-corrected chi connectivity index (χ2v) is 5.35. The summed E-state index contributed by atoms with van der Waals surface area (Å²) in [5.41, 5.74) is 1.24. The quantitative estimate of drug-likeness (QED) is 0.483. The van der Waals surface area contributed by atoms with Gasteiger partial charge in [-0.25, -0.2) is 0 Å². The van der Waals surface area contributed by atoms with Crippen LogP contribution in [0.1, 0.15) is 25.7 Å². The van der Waals surface area contributed by atoms with E-state index in [-0.39, 0.29) is 11.6 Å². The van der Waals surface area contributed by atoms with Gasteiger partial charge >= 0.3 is 0 Å². The van der Waals surface area contributed by atoms with Crippen LogP contribution in [0.2, 0.25) is 0 Å². The highest BCUT2D eigenvalue weighted by molar-refractivity contribution is 9.09. The third-order valence-corrected chi connectivity index (χ3v) is 3.52. The minimum absolute atomic E-state index is 0.0486. The SMILES string of the molecule is O=C1CCCC(=O)C1=CNC1=CCC(Br)C=C1. The van der Waals surface area contributed by atoms with Gasteiger partial charge in [0.1, 0.15) is 0 Å². The van der Waals surface area contributed by atoms with Crippen LogP contribution < -0.4 is 5.32 Å². The van der Waals surface area contributed by atoms with Gasteiger partial charge in [0.15, 0.2) is 11.6 Å². The van der Waals surface area contributed by atoms with Gasteiger partial charge in [0.2, 0.25) is 0 Å². The van der Waals surface area contributed by atoms with Gasteiger partial charge in [-0.3, -0.25) is 9.59 Å². The lowest BCUT2D eigenvalue weighted by Crippen LogP contribution is -2.21. The molecule has 0 saturated heterocycles. The number of nitrogens with one attached hydrogen (secondary N) is 1. The predicted octanol–water partition coefficient (Wildman–Crippen LogP) is 2.39. The molecule has 1 fully saturated rings. The van der Waals surface area contributed by atoms with Gasteiger partial charge in [-0.05, 0) is 18.9 Å². The molecule has 0 amide bonds. The minimum atomic E-state index is -0.0486. The number of halogens is 1. The van der Waals surface area contributed by atoms with Crippen LogP contribution in [0.25, 0.3) is 0 Å². The number of ketones is 2. The molecule has 2 aliphatic carbocycles. The van der Waals surface area contributed by atoms with Gasteiger partial charge in [-0.15, -0.1) is 0 Å². The van der Waals surface area contributed by atoms with Crippen molar-refractivity contribution in [2.24, 2.45) is 0 Å². The molecule has 0 radical (unpaired) electrons. The number of alkyl halides is 1. The van der Waals surface area contributed by atoms with Gasteiger partial charge in [0, 0.05) is 29.6 Å². The smallest absolute Gasteiger partial charge is 0.167 e. The summed E-state index contributed by atoms with van der Waals surface area (Å²) in [7, 11) is 0. The van der Waals surface area contributed by atoms with E-state index in [1.807, 2.05) is 18.2 Å². The van der Waals surface area contributed by atoms with E-state index in [1.165, 1.54) is 0 Å². The molecule has 90 valence electrons. The van der Waals surface area contributed by atoms with Gasteiger partial charge in [0.25, 0.3) is 0 Å². The molecule has 0 bridgehead atoms. The van der Waals surface area contributed by atoms with Crippen molar-refractivity contribution in [3.05, 3.63) is 35.7 Å². The molecule has 1 atom stereocenters. The number of hydrogen-bond donors (Lipinski definition) is 1. The molecular formula is C13H14BrNO2. The minimum Gasteiger partial charge on any atom is -0.361 e. The molecule has 0 heterocycles. The molecule has 1 saturated carbocycles. The summed E-state index contributed by atoms with van der Waals surface area (Å²) in [5.74, 6) is -0.0972. The zero-order valence-corrected chi connectivity index (χ0v) is 11.0. The van der Waals surface area contributed by atoms with E-state index in [0.717, 1.165) is 12.1 Å². The summed E-state index contributed by atoms with van der Waals surface area (Å²) in [6, 6.07) is 0. The van der Waals surface area contributed by atoms with Crippen LogP contribution in [-0.2, 0) is 9.59 Å². The van der Waals surface area contributed by atoms with Crippen LogP contribution in [-0.4, -0.2) is 16.4 Å². The number of allylic oxidation sites excluding steroid dienone is 4. The zero-order valence-electron chi connectivity index (χ0n) is 9.41. The Morgan fingerprint density at radius 1 is 1.29 bits per heavy atom. The maximum atomic E-state index is 11.6. The summed E-state index contributed by atoms with van der Waals surface area (Å²) >= 11 is 3.48. The monoisotopic (exact) mass is 295 g/mol. The average Bonchev–Trinajstić information content (AvgIpc) is 2.31. The lowest BCUT2D eigenvalue weighted by molar-refractivity contribution is -0.123. The van der Waals surface area contributed by atoms with Crippen LogP contribution in [0.15, 0.2) is 35.7 Å². The molecule has 1 N–H and O–H groups in total. The van der Waals surface area contributed by atoms with Gasteiger partial charge in [-0.2, -0.15) is 0 Å². The number of carbonyl (C=O) groups is 2. The maximum Gasteiger partial charge on any atom is 0.167 e. The highest BCUT2D eigenvalue weighted by atomic mass is 79.9. The van der Waals surface area contributed by atoms with E-state index in [9.17, 15) is 9.59 Å². The van der Waals surface area contributed by atoms with E-state index in [2.05, 4.69) is 21.2 Å². The maximum absolute atomic E-state index is 11.6. The Bertz CT molecular complexity index is 417. The standard InChI is InChI=1S/C13H14BrNO2/c14-9-4-6-10(7-5-9)15-8-11-12(16)2-1-3-13(11)17/h4,6-9,15H,1-3,5H2. The predicted molar refractivity (Wildman–Crippen MR) is 69.6 cm³/mol. The lowest BCUT2D eigenvalue weighted by atomic mass is 9.93. The van der Waals surface area contributed by atoms with Crippen molar-refractivity contribution in [2.75, 3.05) is 0 Å². The molecule has 0 aromatic carbocycles. The van der Waals surface area contributed by atoms with Gasteiger partial charge in [-0.1, -0.05) is 28.1 Å². The molecule has 2 rings (SSSR count). The Morgan fingerprint density at radius 3 is 2.59 bits per heavy atom. The number of carbonyl (C=O) groups excluding carboxylic acids is 2. The first kappa shape index (κ1) is 12.3. The molecule has 17 heavy (non-hydrogen) atoms. The number of rotatable bonds is 2. The molecule has 0 aliphatic heterocycles. The largest absolute Gasteiger partial charge is 0.361 e. The lowest BCUT2D eigenvalue weighted by Gasteiger charge is -2.14. The van der Waals surface area contributed by atoms with Crippen LogP contribution in [0, 0.1) is 0 Å². The van der Waals surface area contributed by atoms with Gasteiger partial charge < -0.3 is 5.32 Å². The Morgan fingerprint density at radius 2 is 2.00 bits per heavy atom. The molecule has 4 heteroatoms. The number of Topliss-reactive ketones (excluding diaryl/α,β-unsaturated/α-hetero) is 2. The van der Waals surface area contributed by atoms with Crippen LogP contribution in [0.4, 0.5) is 0 Å². The Balaban J connectivity index is 2.02. The Labute approximate surface area is 109 Å². The third kappa shape index (κ3) is 3.16. The summed E-state index contributed by atoms with van der Waals surface area (Å²) < 4.78 is 0. The van der Waals surface area contributed by atoms with Crippen molar-refractivity contribution in [1.29, 1.82) is 0 Å². The first-order chi connectivity index (χ1) is 8.16. The molecule has 0 spiro atoms. The van der Waals surface area contributed by atoms with E-state index in [4.69, 9.17) is 0 Å². The zero-order chi connectivity index (χ0) is 12.3. The summed E-state index contributed by atoms with van der Waals surface area (Å²) in [6.45, 7) is 0. The van der Waals surface area contributed by atoms with Crippen molar-refractivity contribution in [3.8, 4) is 0 Å². The molecule has 1 unspecified atom stereocenters. The molecule has 0 aromatic heterocycles. The van der Waals surface area contributed by atoms with E-state index in [1.54, 1.807) is 6.20 Å². The molecule has 0 aromatic rings.